The molecule has 0 saturated carbocycles. The lowest BCUT2D eigenvalue weighted by Crippen LogP contribution is -2.37. The molecule has 1 aromatic heterocycles. The van der Waals surface area contributed by atoms with Crippen LogP contribution >= 0.6 is 11.3 Å². The molecule has 3 aromatic rings. The second-order valence-electron chi connectivity index (χ2n) is 7.14. The number of thiazole rings is 1. The topological polar surface area (TPSA) is 68.3 Å². The molecule has 1 heterocycles. The quantitative estimate of drug-likeness (QED) is 0.658. The number of ether oxygens (including phenoxy) is 1. The molecular weight excluding hydrogens is 372 g/mol. The number of hydrogen-bond donors (Lipinski definition) is 1. The number of aromatic nitrogens is 1. The van der Waals surface area contributed by atoms with Crippen molar-refractivity contribution < 1.29 is 14.3 Å². The zero-order valence-electron chi connectivity index (χ0n) is 15.6. The molecular formula is C22H20N2O3S. The summed E-state index contributed by atoms with van der Waals surface area (Å²) >= 11 is 1.39. The minimum atomic E-state index is -0.720. The van der Waals surface area contributed by atoms with Crippen LogP contribution in [-0.2, 0) is 11.2 Å². The Bertz CT molecular complexity index is 1020. The summed E-state index contributed by atoms with van der Waals surface area (Å²) < 4.78 is 5.42. The Morgan fingerprint density at radius 1 is 1.32 bits per heavy atom. The fourth-order valence-corrected chi connectivity index (χ4v) is 4.64. The number of carbonyl (C=O) groups excluding carboxylic acids is 2. The molecule has 0 fully saturated rings. The third kappa shape index (κ3) is 2.99. The van der Waals surface area contributed by atoms with Crippen molar-refractivity contribution in [2.75, 3.05) is 12.4 Å². The number of hydrogen-bond acceptors (Lipinski definition) is 5. The number of anilines is 1. The third-order valence-corrected chi connectivity index (χ3v) is 6.12. The maximum atomic E-state index is 13.4. The van der Waals surface area contributed by atoms with Crippen molar-refractivity contribution in [3.8, 4) is 5.75 Å². The monoisotopic (exact) mass is 392 g/mol. The SMILES string of the molecule is COc1cc2c(cc1C=O)C[C@@](C)(C(=O)Nc1nccs1)[C@H]2c1ccccc1. The largest absolute Gasteiger partial charge is 0.496 e. The van der Waals surface area contributed by atoms with Gasteiger partial charge < -0.3 is 10.1 Å². The predicted octanol–water partition coefficient (Wildman–Crippen LogP) is 4.30. The summed E-state index contributed by atoms with van der Waals surface area (Å²) in [4.78, 5) is 29.0. The van der Waals surface area contributed by atoms with Gasteiger partial charge in [-0.15, -0.1) is 11.3 Å². The molecule has 142 valence electrons. The number of benzene rings is 2. The second-order valence-corrected chi connectivity index (χ2v) is 8.03. The molecule has 0 saturated heterocycles. The van der Waals surface area contributed by atoms with E-state index in [0.29, 0.717) is 22.9 Å². The number of nitrogens with one attached hydrogen (secondary N) is 1. The van der Waals surface area contributed by atoms with E-state index in [1.54, 1.807) is 13.3 Å². The van der Waals surface area contributed by atoms with E-state index in [2.05, 4.69) is 10.3 Å². The molecule has 0 unspecified atom stereocenters. The Kier molecular flexibility index (Phi) is 4.73. The Labute approximate surface area is 167 Å². The molecule has 6 heteroatoms. The molecule has 1 N–H and O–H groups in total. The van der Waals surface area contributed by atoms with Gasteiger partial charge in [-0.05, 0) is 42.2 Å². The van der Waals surface area contributed by atoms with Gasteiger partial charge in [0.2, 0.25) is 5.91 Å². The number of aldehydes is 1. The van der Waals surface area contributed by atoms with Gasteiger partial charge in [0.1, 0.15) is 5.75 Å². The molecule has 0 aliphatic heterocycles. The highest BCUT2D eigenvalue weighted by Crippen LogP contribution is 2.52. The van der Waals surface area contributed by atoms with E-state index in [9.17, 15) is 9.59 Å². The van der Waals surface area contributed by atoms with Gasteiger partial charge in [-0.1, -0.05) is 30.3 Å². The summed E-state index contributed by atoms with van der Waals surface area (Å²) in [6, 6.07) is 13.7. The van der Waals surface area contributed by atoms with Gasteiger partial charge in [-0.2, -0.15) is 0 Å². The predicted molar refractivity (Wildman–Crippen MR) is 109 cm³/mol. The Morgan fingerprint density at radius 3 is 2.75 bits per heavy atom. The van der Waals surface area contributed by atoms with E-state index in [1.165, 1.54) is 11.3 Å². The first-order chi connectivity index (χ1) is 13.6. The zero-order valence-corrected chi connectivity index (χ0v) is 16.5. The van der Waals surface area contributed by atoms with E-state index in [0.717, 1.165) is 23.0 Å². The molecule has 1 amide bonds. The summed E-state index contributed by atoms with van der Waals surface area (Å²) in [5.41, 5.74) is 2.84. The van der Waals surface area contributed by atoms with Gasteiger partial charge in [0, 0.05) is 17.5 Å². The van der Waals surface area contributed by atoms with Gasteiger partial charge in [-0.25, -0.2) is 4.98 Å². The summed E-state index contributed by atoms with van der Waals surface area (Å²) in [6.45, 7) is 1.97. The smallest absolute Gasteiger partial charge is 0.233 e. The maximum Gasteiger partial charge on any atom is 0.233 e. The van der Waals surface area contributed by atoms with E-state index in [-0.39, 0.29) is 11.8 Å². The number of methoxy groups -OCH3 is 1. The molecule has 0 radical (unpaired) electrons. The molecule has 5 nitrogen and oxygen atoms in total. The summed E-state index contributed by atoms with van der Waals surface area (Å²) in [5.74, 6) is 0.289. The fourth-order valence-electron chi connectivity index (χ4n) is 4.12. The average Bonchev–Trinajstić information content (AvgIpc) is 3.32. The highest BCUT2D eigenvalue weighted by atomic mass is 32.1. The summed E-state index contributed by atoms with van der Waals surface area (Å²) in [5, 5.41) is 5.38. The molecule has 28 heavy (non-hydrogen) atoms. The fraction of sp³-hybridized carbons (Fsp3) is 0.227. The van der Waals surface area contributed by atoms with Crippen molar-refractivity contribution in [3.63, 3.8) is 0 Å². The minimum absolute atomic E-state index is 0.0841. The van der Waals surface area contributed by atoms with Crippen LogP contribution < -0.4 is 10.1 Å². The molecule has 0 bridgehead atoms. The van der Waals surface area contributed by atoms with Gasteiger partial charge in [0.15, 0.2) is 11.4 Å². The van der Waals surface area contributed by atoms with Crippen LogP contribution in [0.25, 0.3) is 0 Å². The van der Waals surface area contributed by atoms with Crippen molar-refractivity contribution in [3.05, 3.63) is 76.3 Å². The molecule has 1 aliphatic rings. The van der Waals surface area contributed by atoms with Crippen LogP contribution in [0.1, 0.15) is 39.9 Å². The molecule has 4 rings (SSSR count). The average molecular weight is 392 g/mol. The highest BCUT2D eigenvalue weighted by Gasteiger charge is 2.49. The van der Waals surface area contributed by atoms with Crippen molar-refractivity contribution >= 4 is 28.7 Å². The zero-order chi connectivity index (χ0) is 19.7. The number of nitrogens with zero attached hydrogens (tertiary/aromatic N) is 1. The normalized spacial score (nSPS) is 20.4. The number of amides is 1. The van der Waals surface area contributed by atoms with Gasteiger partial charge in [0.25, 0.3) is 0 Å². The van der Waals surface area contributed by atoms with Crippen LogP contribution in [0.15, 0.2) is 54.0 Å². The summed E-state index contributed by atoms with van der Waals surface area (Å²) in [6.07, 6.45) is 2.99. The lowest BCUT2D eigenvalue weighted by Gasteiger charge is -2.31. The van der Waals surface area contributed by atoms with Crippen molar-refractivity contribution in [2.24, 2.45) is 5.41 Å². The molecule has 2 atom stereocenters. The number of fused-ring (bicyclic) bond motifs is 1. The van der Waals surface area contributed by atoms with Crippen molar-refractivity contribution in [1.29, 1.82) is 0 Å². The lowest BCUT2D eigenvalue weighted by molar-refractivity contribution is -0.125. The van der Waals surface area contributed by atoms with Crippen LogP contribution in [0.5, 0.6) is 5.75 Å². The van der Waals surface area contributed by atoms with Crippen LogP contribution in [0.2, 0.25) is 0 Å². The summed E-state index contributed by atoms with van der Waals surface area (Å²) in [7, 11) is 1.55. The standard InChI is InChI=1S/C22H20N2O3S/c1-22(20(26)24-21-23-8-9-28-21)12-15-10-16(13-25)18(27-2)11-17(15)19(22)14-6-4-3-5-7-14/h3-11,13,19H,12H2,1-2H3,(H,23,24,26)/t19-,22+/m0/s1. The third-order valence-electron chi connectivity index (χ3n) is 5.43. The minimum Gasteiger partial charge on any atom is -0.496 e. The van der Waals surface area contributed by atoms with Crippen LogP contribution in [0.3, 0.4) is 0 Å². The molecule has 1 aliphatic carbocycles. The highest BCUT2D eigenvalue weighted by molar-refractivity contribution is 7.13. The van der Waals surface area contributed by atoms with Crippen LogP contribution in [0, 0.1) is 5.41 Å². The second kappa shape index (κ2) is 7.20. The van der Waals surface area contributed by atoms with E-state index in [4.69, 9.17) is 4.74 Å². The first-order valence-corrected chi connectivity index (χ1v) is 9.86. The number of carbonyl (C=O) groups is 2. The maximum absolute atomic E-state index is 13.4. The van der Waals surface area contributed by atoms with Gasteiger partial charge in [0.05, 0.1) is 18.1 Å². The van der Waals surface area contributed by atoms with Crippen molar-refractivity contribution in [2.45, 2.75) is 19.3 Å². The van der Waals surface area contributed by atoms with E-state index >= 15 is 0 Å². The Morgan fingerprint density at radius 2 is 2.11 bits per heavy atom. The Balaban J connectivity index is 1.83. The Hall–Kier alpha value is -2.99. The van der Waals surface area contributed by atoms with E-state index < -0.39 is 5.41 Å². The van der Waals surface area contributed by atoms with E-state index in [1.807, 2.05) is 54.8 Å². The molecule has 0 spiro atoms. The van der Waals surface area contributed by atoms with Crippen LogP contribution in [0.4, 0.5) is 5.13 Å². The molecule has 2 aromatic carbocycles. The number of rotatable bonds is 5. The van der Waals surface area contributed by atoms with Crippen molar-refractivity contribution in [1.82, 2.24) is 4.98 Å². The lowest BCUT2D eigenvalue weighted by atomic mass is 9.73. The van der Waals surface area contributed by atoms with Gasteiger partial charge >= 0.3 is 0 Å². The van der Waals surface area contributed by atoms with Crippen LogP contribution in [-0.4, -0.2) is 24.3 Å². The van der Waals surface area contributed by atoms with Gasteiger partial charge in [-0.3, -0.25) is 9.59 Å². The first kappa shape index (κ1) is 18.4. The first-order valence-electron chi connectivity index (χ1n) is 8.98.